The first kappa shape index (κ1) is 20.2. The zero-order chi connectivity index (χ0) is 20.9. The van der Waals surface area contributed by atoms with Gasteiger partial charge in [-0.3, -0.25) is 4.79 Å². The van der Waals surface area contributed by atoms with Gasteiger partial charge in [0.05, 0.1) is 11.8 Å². The highest BCUT2D eigenvalue weighted by molar-refractivity contribution is 7.99. The Morgan fingerprint density at radius 1 is 1.00 bits per heavy atom. The second kappa shape index (κ2) is 9.13. The van der Waals surface area contributed by atoms with Gasteiger partial charge in [0.15, 0.2) is 5.16 Å². The maximum Gasteiger partial charge on any atom is 0.230 e. The number of hydrogen-bond donors (Lipinski definition) is 1. The van der Waals surface area contributed by atoms with Gasteiger partial charge in [-0.15, -0.1) is 10.2 Å². The number of aromatic nitrogens is 3. The van der Waals surface area contributed by atoms with Crippen molar-refractivity contribution in [2.24, 2.45) is 7.05 Å². The highest BCUT2D eigenvalue weighted by atomic mass is 32.2. The molecule has 152 valence electrons. The quantitative estimate of drug-likeness (QED) is 0.450. The molecule has 0 aliphatic carbocycles. The largest absolute Gasteiger partial charge is 0.349 e. The van der Waals surface area contributed by atoms with Gasteiger partial charge in [0.25, 0.3) is 0 Å². The molecule has 1 atom stereocenters. The van der Waals surface area contributed by atoms with Crippen LogP contribution in [0, 0.1) is 0 Å². The fourth-order valence-electron chi connectivity index (χ4n) is 3.48. The number of thioether (sulfide) groups is 1. The van der Waals surface area contributed by atoms with E-state index in [0.29, 0.717) is 12.2 Å². The van der Waals surface area contributed by atoms with E-state index in [1.165, 1.54) is 28.1 Å². The molecule has 1 aromatic heterocycles. The van der Waals surface area contributed by atoms with E-state index in [0.717, 1.165) is 16.5 Å². The van der Waals surface area contributed by atoms with Gasteiger partial charge in [-0.05, 0) is 28.8 Å². The van der Waals surface area contributed by atoms with Gasteiger partial charge in [0.2, 0.25) is 5.91 Å². The lowest BCUT2D eigenvalue weighted by atomic mass is 10.0. The zero-order valence-corrected chi connectivity index (χ0v) is 17.9. The van der Waals surface area contributed by atoms with Gasteiger partial charge < -0.3 is 9.88 Å². The van der Waals surface area contributed by atoms with Crippen LogP contribution in [0.4, 0.5) is 0 Å². The molecule has 30 heavy (non-hydrogen) atoms. The predicted molar refractivity (Wildman–Crippen MR) is 121 cm³/mol. The number of fused-ring (bicyclic) bond motifs is 1. The number of rotatable bonds is 7. The van der Waals surface area contributed by atoms with Gasteiger partial charge in [-0.2, -0.15) is 0 Å². The molecular formula is C24H24N4OS. The maximum atomic E-state index is 12.4. The number of hydrogen-bond acceptors (Lipinski definition) is 4. The molecule has 5 nitrogen and oxygen atoms in total. The molecule has 1 amide bonds. The lowest BCUT2D eigenvalue weighted by Gasteiger charge is -2.14. The lowest BCUT2D eigenvalue weighted by molar-refractivity contribution is -0.119. The topological polar surface area (TPSA) is 59.8 Å². The Morgan fingerprint density at radius 3 is 2.57 bits per heavy atom. The van der Waals surface area contributed by atoms with E-state index >= 15 is 0 Å². The van der Waals surface area contributed by atoms with Crippen molar-refractivity contribution in [3.8, 4) is 0 Å². The third kappa shape index (κ3) is 4.54. The minimum atomic E-state index is -0.0271. The first-order valence-corrected chi connectivity index (χ1v) is 10.9. The van der Waals surface area contributed by atoms with E-state index in [4.69, 9.17) is 0 Å². The number of amides is 1. The second-order valence-corrected chi connectivity index (χ2v) is 8.20. The number of nitrogens with one attached hydrogen (secondary N) is 1. The molecule has 0 bridgehead atoms. The average molecular weight is 417 g/mol. The summed E-state index contributed by atoms with van der Waals surface area (Å²) in [6.07, 6.45) is 0.697. The van der Waals surface area contributed by atoms with Crippen LogP contribution in [0.25, 0.3) is 10.8 Å². The number of nitrogens with zero attached hydrogens (tertiary/aromatic N) is 3. The predicted octanol–water partition coefficient (Wildman–Crippen LogP) is 4.53. The molecule has 6 heteroatoms. The summed E-state index contributed by atoms with van der Waals surface area (Å²) < 4.78 is 1.97. The Balaban J connectivity index is 1.39. The van der Waals surface area contributed by atoms with Crippen molar-refractivity contribution in [3.05, 3.63) is 89.7 Å². The monoisotopic (exact) mass is 416 g/mol. The van der Waals surface area contributed by atoms with Crippen LogP contribution in [0.3, 0.4) is 0 Å². The van der Waals surface area contributed by atoms with Gasteiger partial charge in [-0.1, -0.05) is 84.6 Å². The number of benzene rings is 3. The van der Waals surface area contributed by atoms with Gasteiger partial charge in [0, 0.05) is 13.5 Å². The van der Waals surface area contributed by atoms with E-state index in [1.54, 1.807) is 0 Å². The number of carbonyl (C=O) groups is 1. The Kier molecular flexibility index (Phi) is 6.14. The van der Waals surface area contributed by atoms with Crippen LogP contribution >= 0.6 is 11.8 Å². The third-order valence-corrected chi connectivity index (χ3v) is 6.18. The maximum absolute atomic E-state index is 12.4. The molecule has 1 N–H and O–H groups in total. The molecule has 0 radical (unpaired) electrons. The Labute approximate surface area is 180 Å². The van der Waals surface area contributed by atoms with Gasteiger partial charge in [0.1, 0.15) is 5.82 Å². The Hall–Kier alpha value is -3.12. The summed E-state index contributed by atoms with van der Waals surface area (Å²) in [4.78, 5) is 12.4. The van der Waals surface area contributed by atoms with Crippen LogP contribution in [0.2, 0.25) is 0 Å². The van der Waals surface area contributed by atoms with Crippen LogP contribution in [-0.2, 0) is 18.3 Å². The van der Waals surface area contributed by atoms with Crippen molar-refractivity contribution >= 4 is 28.4 Å². The van der Waals surface area contributed by atoms with E-state index in [1.807, 2.05) is 54.9 Å². The highest BCUT2D eigenvalue weighted by Gasteiger charge is 2.14. The fourth-order valence-corrected chi connectivity index (χ4v) is 4.22. The summed E-state index contributed by atoms with van der Waals surface area (Å²) in [5, 5.41) is 14.9. The summed E-state index contributed by atoms with van der Waals surface area (Å²) in [5.41, 5.74) is 2.31. The van der Waals surface area contributed by atoms with Crippen LogP contribution < -0.4 is 5.32 Å². The summed E-state index contributed by atoms with van der Waals surface area (Å²) in [6.45, 7) is 1.99. The van der Waals surface area contributed by atoms with E-state index in [2.05, 4.69) is 51.9 Å². The van der Waals surface area contributed by atoms with Gasteiger partial charge in [-0.25, -0.2) is 0 Å². The standard InChI is InChI=1S/C24H24N4OS/c1-17(18-9-4-3-5-10-18)25-23(29)16-30-24-27-26-22(28(24)2)15-20-13-8-12-19-11-6-7-14-21(19)20/h3-14,17H,15-16H2,1-2H3,(H,25,29)/t17-/m0/s1. The van der Waals surface area contributed by atoms with Gasteiger partial charge >= 0.3 is 0 Å². The lowest BCUT2D eigenvalue weighted by Crippen LogP contribution is -2.28. The average Bonchev–Trinajstić information content (AvgIpc) is 3.12. The molecule has 0 aliphatic rings. The van der Waals surface area contributed by atoms with E-state index in [9.17, 15) is 4.79 Å². The third-order valence-electron chi connectivity index (χ3n) is 5.16. The molecule has 4 aromatic rings. The van der Waals surface area contributed by atoms with Crippen LogP contribution in [0.5, 0.6) is 0 Å². The second-order valence-electron chi connectivity index (χ2n) is 7.26. The molecule has 1 heterocycles. The minimum absolute atomic E-state index is 0.0186. The first-order valence-electron chi connectivity index (χ1n) is 9.94. The van der Waals surface area contributed by atoms with Crippen molar-refractivity contribution < 1.29 is 4.79 Å². The molecule has 0 unspecified atom stereocenters. The number of carbonyl (C=O) groups excluding carboxylic acids is 1. The molecular weight excluding hydrogens is 392 g/mol. The molecule has 0 fully saturated rings. The zero-order valence-electron chi connectivity index (χ0n) is 17.1. The molecule has 3 aromatic carbocycles. The summed E-state index contributed by atoms with van der Waals surface area (Å²) in [7, 11) is 1.95. The summed E-state index contributed by atoms with van der Waals surface area (Å²) in [5.74, 6) is 1.17. The molecule has 0 aliphatic heterocycles. The van der Waals surface area contributed by atoms with Crippen LogP contribution in [0.1, 0.15) is 29.9 Å². The minimum Gasteiger partial charge on any atom is -0.349 e. The summed E-state index contributed by atoms with van der Waals surface area (Å²) in [6, 6.07) is 24.6. The van der Waals surface area contributed by atoms with E-state index in [-0.39, 0.29) is 11.9 Å². The Morgan fingerprint density at radius 2 is 1.73 bits per heavy atom. The van der Waals surface area contributed by atoms with Crippen molar-refractivity contribution in [1.29, 1.82) is 0 Å². The van der Waals surface area contributed by atoms with Crippen molar-refractivity contribution in [2.75, 3.05) is 5.75 Å². The normalized spacial score (nSPS) is 12.1. The first-order chi connectivity index (χ1) is 14.6. The smallest absolute Gasteiger partial charge is 0.230 e. The van der Waals surface area contributed by atoms with Crippen molar-refractivity contribution in [2.45, 2.75) is 24.5 Å². The van der Waals surface area contributed by atoms with Crippen LogP contribution in [0.15, 0.2) is 78.0 Å². The van der Waals surface area contributed by atoms with Crippen LogP contribution in [-0.4, -0.2) is 26.4 Å². The molecule has 0 saturated heterocycles. The Bertz CT molecular complexity index is 1150. The highest BCUT2D eigenvalue weighted by Crippen LogP contribution is 2.22. The van der Waals surface area contributed by atoms with Crippen molar-refractivity contribution in [1.82, 2.24) is 20.1 Å². The SMILES string of the molecule is C[C@H](NC(=O)CSc1nnc(Cc2cccc3ccccc23)n1C)c1ccccc1. The summed E-state index contributed by atoms with van der Waals surface area (Å²) >= 11 is 1.40. The fraction of sp³-hybridized carbons (Fsp3) is 0.208. The van der Waals surface area contributed by atoms with Crippen molar-refractivity contribution in [3.63, 3.8) is 0 Å². The molecule has 0 saturated carbocycles. The molecule has 4 rings (SSSR count). The van der Waals surface area contributed by atoms with E-state index < -0.39 is 0 Å². The molecule has 0 spiro atoms.